The van der Waals surface area contributed by atoms with Gasteiger partial charge >= 0.3 is 0 Å². The van der Waals surface area contributed by atoms with E-state index in [2.05, 4.69) is 20.5 Å². The Morgan fingerprint density at radius 1 is 1.00 bits per heavy atom. The Bertz CT molecular complexity index is 1450. The first-order chi connectivity index (χ1) is 16.1. The minimum absolute atomic E-state index is 0.0880. The van der Waals surface area contributed by atoms with Crippen LogP contribution in [-0.4, -0.2) is 19.6 Å². The van der Waals surface area contributed by atoms with Gasteiger partial charge in [-0.15, -0.1) is 10.2 Å². The molecule has 5 aromatic rings. The molecule has 33 heavy (non-hydrogen) atoms. The Balaban J connectivity index is 1.21. The number of ether oxygens (including phenoxy) is 1. The molecule has 0 bridgehead atoms. The molecule has 0 aliphatic heterocycles. The van der Waals surface area contributed by atoms with Gasteiger partial charge in [0.05, 0.1) is 5.69 Å². The summed E-state index contributed by atoms with van der Waals surface area (Å²) in [6, 6.07) is 22.7. The number of pyridine rings is 1. The van der Waals surface area contributed by atoms with Crippen molar-refractivity contribution in [2.75, 3.05) is 5.32 Å². The van der Waals surface area contributed by atoms with Crippen LogP contribution in [0.4, 0.5) is 10.8 Å². The van der Waals surface area contributed by atoms with Gasteiger partial charge in [0.15, 0.2) is 4.34 Å². The highest BCUT2D eigenvalue weighted by Crippen LogP contribution is 2.30. The van der Waals surface area contributed by atoms with Crippen molar-refractivity contribution in [1.82, 2.24) is 19.6 Å². The van der Waals surface area contributed by atoms with Crippen molar-refractivity contribution in [2.45, 2.75) is 17.0 Å². The Labute approximate surface area is 198 Å². The summed E-state index contributed by atoms with van der Waals surface area (Å²) in [7, 11) is 0. The fourth-order valence-electron chi connectivity index (χ4n) is 3.14. The van der Waals surface area contributed by atoms with E-state index in [1.54, 1.807) is 16.7 Å². The molecule has 0 aliphatic rings. The standard InChI is InChI=1S/C24H19N5O2S2/c1-16-11-12-29-21(13-16)25-18(14-22(29)30)15-32-24-28-27-23(33-24)26-17-7-9-20(10-8-17)31-19-5-3-2-4-6-19/h2-14H,15H2,1H3,(H,26,27). The van der Waals surface area contributed by atoms with Gasteiger partial charge < -0.3 is 10.1 Å². The van der Waals surface area contributed by atoms with Crippen LogP contribution >= 0.6 is 23.1 Å². The van der Waals surface area contributed by atoms with Crippen molar-refractivity contribution in [2.24, 2.45) is 0 Å². The molecule has 0 atom stereocenters. The van der Waals surface area contributed by atoms with Crippen molar-refractivity contribution < 1.29 is 4.74 Å². The topological polar surface area (TPSA) is 81.4 Å². The van der Waals surface area contributed by atoms with E-state index in [0.717, 1.165) is 27.1 Å². The summed E-state index contributed by atoms with van der Waals surface area (Å²) < 4.78 is 8.16. The maximum atomic E-state index is 12.3. The molecule has 7 nitrogen and oxygen atoms in total. The average Bonchev–Trinajstić information content (AvgIpc) is 3.27. The zero-order valence-electron chi connectivity index (χ0n) is 17.6. The fourth-order valence-corrected chi connectivity index (χ4v) is 4.80. The van der Waals surface area contributed by atoms with E-state index in [9.17, 15) is 4.79 Å². The van der Waals surface area contributed by atoms with Crippen LogP contribution in [0, 0.1) is 6.92 Å². The van der Waals surface area contributed by atoms with Gasteiger partial charge in [0.1, 0.15) is 17.1 Å². The Kier molecular flexibility index (Phi) is 6.05. The number of nitrogens with zero attached hydrogens (tertiary/aromatic N) is 4. The van der Waals surface area contributed by atoms with Crippen LogP contribution in [0.2, 0.25) is 0 Å². The second-order valence-corrected chi connectivity index (χ2v) is 9.44. The first-order valence-corrected chi connectivity index (χ1v) is 12.0. The highest BCUT2D eigenvalue weighted by atomic mass is 32.2. The lowest BCUT2D eigenvalue weighted by Crippen LogP contribution is -2.15. The molecule has 0 unspecified atom stereocenters. The van der Waals surface area contributed by atoms with E-state index in [0.29, 0.717) is 22.2 Å². The molecule has 0 saturated carbocycles. The summed E-state index contributed by atoms with van der Waals surface area (Å²) in [5, 5.41) is 12.4. The third-order valence-corrected chi connectivity index (χ3v) is 6.72. The number of nitrogens with one attached hydrogen (secondary N) is 1. The van der Waals surface area contributed by atoms with Crippen LogP contribution in [0.25, 0.3) is 5.65 Å². The van der Waals surface area contributed by atoms with Crippen LogP contribution in [-0.2, 0) is 5.75 Å². The number of benzene rings is 2. The quantitative estimate of drug-likeness (QED) is 0.304. The SMILES string of the molecule is Cc1ccn2c(=O)cc(CSc3nnc(Nc4ccc(Oc5ccccc5)cc4)s3)nc2c1. The van der Waals surface area contributed by atoms with Crippen LogP contribution in [0.15, 0.2) is 88.1 Å². The predicted molar refractivity (Wildman–Crippen MR) is 132 cm³/mol. The molecule has 9 heteroatoms. The monoisotopic (exact) mass is 473 g/mol. The molecule has 164 valence electrons. The van der Waals surface area contributed by atoms with Crippen molar-refractivity contribution >= 4 is 39.6 Å². The molecule has 0 amide bonds. The van der Waals surface area contributed by atoms with Gasteiger partial charge in [-0.1, -0.05) is 41.3 Å². The summed E-state index contributed by atoms with van der Waals surface area (Å²) >= 11 is 2.96. The number of aromatic nitrogens is 4. The molecule has 3 heterocycles. The minimum Gasteiger partial charge on any atom is -0.457 e. The van der Waals surface area contributed by atoms with Crippen LogP contribution < -0.4 is 15.6 Å². The van der Waals surface area contributed by atoms with E-state index in [1.165, 1.54) is 23.1 Å². The lowest BCUT2D eigenvalue weighted by molar-refractivity contribution is 0.483. The van der Waals surface area contributed by atoms with Crippen LogP contribution in [0.5, 0.6) is 11.5 Å². The van der Waals surface area contributed by atoms with E-state index in [4.69, 9.17) is 4.74 Å². The highest BCUT2D eigenvalue weighted by molar-refractivity contribution is 8.00. The summed E-state index contributed by atoms with van der Waals surface area (Å²) in [5.41, 5.74) is 3.23. The van der Waals surface area contributed by atoms with Gasteiger partial charge in [-0.25, -0.2) is 4.98 Å². The van der Waals surface area contributed by atoms with Crippen molar-refractivity contribution in [3.05, 3.63) is 101 Å². The molecular weight excluding hydrogens is 454 g/mol. The Morgan fingerprint density at radius 3 is 2.61 bits per heavy atom. The Hall–Kier alpha value is -3.69. The lowest BCUT2D eigenvalue weighted by atomic mass is 10.3. The molecule has 0 aliphatic carbocycles. The third-order valence-electron chi connectivity index (χ3n) is 4.71. The summed E-state index contributed by atoms with van der Waals surface area (Å²) in [5.74, 6) is 2.09. The van der Waals surface area contributed by atoms with Gasteiger partial charge in [-0.3, -0.25) is 9.20 Å². The summed E-state index contributed by atoms with van der Waals surface area (Å²) in [6.45, 7) is 1.98. The fraction of sp³-hybridized carbons (Fsp3) is 0.0833. The molecule has 1 N–H and O–H groups in total. The molecule has 5 rings (SSSR count). The number of thioether (sulfide) groups is 1. The molecule has 0 spiro atoms. The van der Waals surface area contributed by atoms with E-state index < -0.39 is 0 Å². The number of rotatable bonds is 7. The second kappa shape index (κ2) is 9.43. The van der Waals surface area contributed by atoms with Crippen molar-refractivity contribution in [3.63, 3.8) is 0 Å². The van der Waals surface area contributed by atoms with Gasteiger partial charge in [0.25, 0.3) is 5.56 Å². The highest BCUT2D eigenvalue weighted by Gasteiger charge is 2.08. The predicted octanol–water partition coefficient (Wildman–Crippen LogP) is 5.68. The summed E-state index contributed by atoms with van der Waals surface area (Å²) in [4.78, 5) is 16.9. The molecule has 0 radical (unpaired) electrons. The maximum absolute atomic E-state index is 12.3. The van der Waals surface area contributed by atoms with Gasteiger partial charge in [-0.2, -0.15) is 0 Å². The van der Waals surface area contributed by atoms with Gasteiger partial charge in [0, 0.05) is 23.7 Å². The largest absolute Gasteiger partial charge is 0.457 e. The van der Waals surface area contributed by atoms with Crippen molar-refractivity contribution in [3.8, 4) is 11.5 Å². The number of anilines is 2. The van der Waals surface area contributed by atoms with Crippen LogP contribution in [0.1, 0.15) is 11.3 Å². The first-order valence-electron chi connectivity index (χ1n) is 10.2. The smallest absolute Gasteiger partial charge is 0.258 e. The molecular formula is C24H19N5O2S2. The second-order valence-electron chi connectivity index (χ2n) is 7.24. The average molecular weight is 474 g/mol. The van der Waals surface area contributed by atoms with E-state index in [-0.39, 0.29) is 5.56 Å². The number of fused-ring (bicyclic) bond motifs is 1. The zero-order valence-corrected chi connectivity index (χ0v) is 19.3. The zero-order chi connectivity index (χ0) is 22.6. The summed E-state index contributed by atoms with van der Waals surface area (Å²) in [6.07, 6.45) is 1.75. The number of aryl methyl sites for hydroxylation is 1. The molecule has 0 saturated heterocycles. The van der Waals surface area contributed by atoms with E-state index in [1.807, 2.05) is 73.7 Å². The normalized spacial score (nSPS) is 10.9. The number of hydrogen-bond acceptors (Lipinski definition) is 8. The molecule has 2 aromatic carbocycles. The van der Waals surface area contributed by atoms with E-state index >= 15 is 0 Å². The third kappa shape index (κ3) is 5.21. The van der Waals surface area contributed by atoms with Gasteiger partial charge in [-0.05, 0) is 61.0 Å². The van der Waals surface area contributed by atoms with Gasteiger partial charge in [0.2, 0.25) is 5.13 Å². The number of para-hydroxylation sites is 1. The number of hydrogen-bond donors (Lipinski definition) is 1. The minimum atomic E-state index is -0.0880. The van der Waals surface area contributed by atoms with Crippen LogP contribution in [0.3, 0.4) is 0 Å². The maximum Gasteiger partial charge on any atom is 0.258 e. The molecule has 3 aromatic heterocycles. The Morgan fingerprint density at radius 2 is 1.79 bits per heavy atom. The molecule has 0 fully saturated rings. The lowest BCUT2D eigenvalue weighted by Gasteiger charge is -2.06. The van der Waals surface area contributed by atoms with Crippen molar-refractivity contribution in [1.29, 1.82) is 0 Å². The first kappa shape index (κ1) is 21.2.